The zero-order valence-electron chi connectivity index (χ0n) is 1.86. The minimum absolute atomic E-state index is 0.611. The second kappa shape index (κ2) is 62.1. The van der Waals surface area contributed by atoms with Gasteiger partial charge < -0.3 is 0 Å². The molecule has 25 valence electrons. The van der Waals surface area contributed by atoms with Crippen LogP contribution in [0.25, 0.3) is 0 Å². The molecule has 0 spiro atoms. The van der Waals surface area contributed by atoms with Crippen molar-refractivity contribution in [2.45, 2.75) is 0 Å². The van der Waals surface area contributed by atoms with E-state index >= 15 is 0 Å². The van der Waals surface area contributed by atoms with Crippen LogP contribution in [0.4, 0.5) is 0 Å². The Morgan fingerprint density at radius 1 is 1.25 bits per heavy atom. The molecule has 0 saturated carbocycles. The van der Waals surface area contributed by atoms with E-state index in [1.165, 1.54) is 0 Å². The molecule has 0 bridgehead atoms. The summed E-state index contributed by atoms with van der Waals surface area (Å²) in [5.41, 5.74) is 0. The molecule has 0 saturated heterocycles. The first-order chi connectivity index (χ1) is 2.00. The predicted molar refractivity (Wildman–Crippen MR) is 8.52 cm³/mol. The monoisotopic (exact) mass is 119 g/mol. The van der Waals surface area contributed by atoms with E-state index in [4.69, 9.17) is 7.67 Å². The van der Waals surface area contributed by atoms with Crippen molar-refractivity contribution in [2.24, 2.45) is 0 Å². The molecule has 4 heteroatoms. The fourth-order valence-corrected chi connectivity index (χ4v) is 0. The third-order valence-corrected chi connectivity index (χ3v) is 0. The number of hydrogen-bond donors (Lipinski definition) is 0. The molecule has 0 aromatic carbocycles. The first-order valence-corrected chi connectivity index (χ1v) is 1.43. The maximum absolute atomic E-state index is 8.28. The average Bonchev–Trinajstić information content (AvgIpc) is 1.50. The first-order valence-electron chi connectivity index (χ1n) is 0.425. The van der Waals surface area contributed by atoms with Gasteiger partial charge in [0.15, 0.2) is 0 Å². The van der Waals surface area contributed by atoms with Crippen LogP contribution in [0.2, 0.25) is 0 Å². The van der Waals surface area contributed by atoms with Crippen LogP contribution in [0.15, 0.2) is 0 Å². The van der Waals surface area contributed by atoms with Gasteiger partial charge in [-0.1, -0.05) is 0 Å². The molecular formula is HAlCoO2. The van der Waals surface area contributed by atoms with Gasteiger partial charge >= 0.3 is 39.6 Å². The Bertz CT molecular complexity index is 8.00. The molecule has 0 unspecified atom stereocenters. The standard InChI is InChI=1S/Al.Co.2O.H. The van der Waals surface area contributed by atoms with E-state index in [-0.39, 0.29) is 0 Å². The van der Waals surface area contributed by atoms with Crippen LogP contribution in [-0.4, -0.2) is 16.2 Å². The molecule has 0 aliphatic heterocycles. The quantitative estimate of drug-likeness (QED) is 0.387. The zero-order chi connectivity index (χ0) is 4.00. The van der Waals surface area contributed by atoms with Gasteiger partial charge in [-0.25, -0.2) is 0 Å². The van der Waals surface area contributed by atoms with Gasteiger partial charge in [-0.2, -0.15) is 0 Å². The van der Waals surface area contributed by atoms with E-state index in [1.54, 1.807) is 0 Å². The summed E-state index contributed by atoms with van der Waals surface area (Å²) in [6, 6.07) is 0. The summed E-state index contributed by atoms with van der Waals surface area (Å²) in [7, 11) is 0. The van der Waals surface area contributed by atoms with E-state index < -0.39 is 0 Å². The van der Waals surface area contributed by atoms with Gasteiger partial charge in [0.2, 0.25) is 0 Å². The molecule has 0 aliphatic carbocycles. The third kappa shape index (κ3) is 17.4. The molecule has 0 aliphatic rings. The van der Waals surface area contributed by atoms with Crippen molar-refractivity contribution in [3.8, 4) is 0 Å². The Labute approximate surface area is 40.0 Å². The van der Waals surface area contributed by atoms with Crippen LogP contribution in [0.1, 0.15) is 0 Å². The summed E-state index contributed by atoms with van der Waals surface area (Å²) in [6.07, 6.45) is 0. The van der Waals surface area contributed by atoms with Crippen molar-refractivity contribution < 1.29 is 23.3 Å². The third-order valence-electron chi connectivity index (χ3n) is 0. The van der Waals surface area contributed by atoms with Crippen molar-refractivity contribution in [1.29, 1.82) is 0 Å². The van der Waals surface area contributed by atoms with Crippen molar-refractivity contribution >= 4 is 16.2 Å². The molecule has 0 heterocycles. The SMILES string of the molecule is [O]=[AlH].[O]=[Co]. The fraction of sp³-hybridized carbons (Fsp3) is 0. The van der Waals surface area contributed by atoms with Crippen molar-refractivity contribution in [3.05, 3.63) is 0 Å². The van der Waals surface area contributed by atoms with Crippen LogP contribution >= 0.6 is 0 Å². The molecule has 0 atom stereocenters. The predicted octanol–water partition coefficient (Wildman–Crippen LogP) is -0.889. The summed E-state index contributed by atoms with van der Waals surface area (Å²) in [4.78, 5) is 0. The molecule has 4 heavy (non-hydrogen) atoms. The Morgan fingerprint density at radius 2 is 1.25 bits per heavy atom. The van der Waals surface area contributed by atoms with Gasteiger partial charge in [-0.05, 0) is 0 Å². The molecule has 0 amide bonds. The normalized spacial score (nSPS) is 2.00. The summed E-state index contributed by atoms with van der Waals surface area (Å²) >= 11 is 2.92. The molecule has 0 aromatic rings. The summed E-state index contributed by atoms with van der Waals surface area (Å²) in [6.45, 7) is 0. The Balaban J connectivity index is 0. The van der Waals surface area contributed by atoms with Crippen LogP contribution in [0.5, 0.6) is 0 Å². The Morgan fingerprint density at radius 3 is 1.25 bits per heavy atom. The number of rotatable bonds is 0. The molecular weight excluding hydrogens is 118 g/mol. The van der Waals surface area contributed by atoms with Crippen LogP contribution in [0.3, 0.4) is 0 Å². The molecule has 2 nitrogen and oxygen atoms in total. The van der Waals surface area contributed by atoms with Crippen LogP contribution in [0, 0.1) is 0 Å². The van der Waals surface area contributed by atoms with Gasteiger partial charge in [0, 0.05) is 0 Å². The second-order valence-electron chi connectivity index (χ2n) is 0. The van der Waals surface area contributed by atoms with E-state index in [0.717, 1.165) is 0 Å². The van der Waals surface area contributed by atoms with E-state index in [9.17, 15) is 0 Å². The average molecular weight is 119 g/mol. The van der Waals surface area contributed by atoms with Crippen molar-refractivity contribution in [2.75, 3.05) is 0 Å². The maximum atomic E-state index is 8.28. The minimum atomic E-state index is 0.611. The molecule has 0 fully saturated rings. The summed E-state index contributed by atoms with van der Waals surface area (Å²) in [5, 5.41) is 0. The Hall–Kier alpha value is 0.639. The fourth-order valence-electron chi connectivity index (χ4n) is 0. The molecule has 0 radical (unpaired) electrons. The molecule has 0 aromatic heterocycles. The van der Waals surface area contributed by atoms with Crippen molar-refractivity contribution in [1.82, 2.24) is 0 Å². The topological polar surface area (TPSA) is 34.1 Å². The van der Waals surface area contributed by atoms with E-state index in [0.29, 0.717) is 16.2 Å². The molecule has 0 rings (SSSR count). The van der Waals surface area contributed by atoms with E-state index in [1.807, 2.05) is 0 Å². The van der Waals surface area contributed by atoms with Gasteiger partial charge in [-0.15, -0.1) is 0 Å². The Kier molecular flexibility index (Phi) is 137. The molecule has 0 N–H and O–H groups in total. The van der Waals surface area contributed by atoms with Gasteiger partial charge in [-0.3, -0.25) is 0 Å². The zero-order valence-corrected chi connectivity index (χ0v) is 4.31. The van der Waals surface area contributed by atoms with E-state index in [2.05, 4.69) is 15.7 Å². The van der Waals surface area contributed by atoms with Gasteiger partial charge in [0.1, 0.15) is 0 Å². The summed E-state index contributed by atoms with van der Waals surface area (Å²) in [5.74, 6) is 0. The van der Waals surface area contributed by atoms with Crippen LogP contribution < -0.4 is 0 Å². The van der Waals surface area contributed by atoms with Crippen LogP contribution in [-0.2, 0) is 23.3 Å². The second-order valence-corrected chi connectivity index (χ2v) is 0. The van der Waals surface area contributed by atoms with Gasteiger partial charge in [0.05, 0.1) is 0 Å². The number of hydrogen-bond acceptors (Lipinski definition) is 2. The van der Waals surface area contributed by atoms with Crippen molar-refractivity contribution in [3.63, 3.8) is 0 Å². The van der Waals surface area contributed by atoms with Gasteiger partial charge in [0.25, 0.3) is 0 Å². The first kappa shape index (κ1) is 8.82. The summed E-state index contributed by atoms with van der Waals surface area (Å²) < 4.78 is 16.2.